The molecule has 5 rings (SSSR count). The monoisotopic (exact) mass is 456 g/mol. The van der Waals surface area contributed by atoms with Crippen LogP contribution in [0, 0.1) is 0 Å². The molecule has 3 aromatic rings. The van der Waals surface area contributed by atoms with E-state index < -0.39 is 0 Å². The Balaban J connectivity index is 1.32. The molecule has 31 heavy (non-hydrogen) atoms. The molecule has 1 atom stereocenters. The quantitative estimate of drug-likeness (QED) is 0.633. The molecule has 0 aliphatic carbocycles. The first-order valence-corrected chi connectivity index (χ1v) is 10.9. The third kappa shape index (κ3) is 3.82. The Morgan fingerprint density at radius 3 is 2.84 bits per heavy atom. The molecule has 2 aromatic carbocycles. The number of likely N-dealkylation sites (tertiary alicyclic amines) is 1. The number of halogens is 1. The zero-order valence-electron chi connectivity index (χ0n) is 16.2. The van der Waals surface area contributed by atoms with Gasteiger partial charge < -0.3 is 19.7 Å². The van der Waals surface area contributed by atoms with E-state index in [2.05, 4.69) is 15.5 Å². The molecule has 2 aliphatic heterocycles. The molecule has 2 aliphatic rings. The van der Waals surface area contributed by atoms with Crippen molar-refractivity contribution in [3.05, 3.63) is 63.1 Å². The minimum atomic E-state index is -0.371. The van der Waals surface area contributed by atoms with Crippen molar-refractivity contribution in [3.8, 4) is 11.5 Å². The SMILES string of the molecule is O=C(Nc1ccc2c(c1)OCO2)c1nnc(C2CCCN2C(=O)c2ccccc2Cl)s1. The van der Waals surface area contributed by atoms with E-state index in [1.807, 2.05) is 0 Å². The van der Waals surface area contributed by atoms with Gasteiger partial charge in [0.25, 0.3) is 11.8 Å². The molecule has 0 spiro atoms. The Labute approximate surface area is 186 Å². The molecule has 0 saturated carbocycles. The van der Waals surface area contributed by atoms with Crippen LogP contribution in [0.25, 0.3) is 0 Å². The van der Waals surface area contributed by atoms with E-state index >= 15 is 0 Å². The number of rotatable bonds is 4. The summed E-state index contributed by atoms with van der Waals surface area (Å²) in [5.41, 5.74) is 1.03. The highest BCUT2D eigenvalue weighted by Gasteiger charge is 2.34. The summed E-state index contributed by atoms with van der Waals surface area (Å²) in [6.45, 7) is 0.768. The lowest BCUT2D eigenvalue weighted by atomic mass is 10.1. The van der Waals surface area contributed by atoms with E-state index in [0.29, 0.717) is 39.3 Å². The number of anilines is 1. The molecule has 1 unspecified atom stereocenters. The van der Waals surface area contributed by atoms with Gasteiger partial charge in [-0.2, -0.15) is 0 Å². The molecule has 158 valence electrons. The molecule has 1 aromatic heterocycles. The number of carbonyl (C=O) groups is 2. The van der Waals surface area contributed by atoms with Crippen molar-refractivity contribution >= 4 is 40.4 Å². The maximum Gasteiger partial charge on any atom is 0.286 e. The summed E-state index contributed by atoms with van der Waals surface area (Å²) in [4.78, 5) is 27.4. The van der Waals surface area contributed by atoms with Crippen LogP contribution in [0.15, 0.2) is 42.5 Å². The molecule has 1 fully saturated rings. The van der Waals surface area contributed by atoms with Gasteiger partial charge in [0, 0.05) is 18.3 Å². The van der Waals surface area contributed by atoms with E-state index in [1.165, 1.54) is 11.3 Å². The summed E-state index contributed by atoms with van der Waals surface area (Å²) in [5, 5.41) is 12.3. The molecule has 8 nitrogen and oxygen atoms in total. The van der Waals surface area contributed by atoms with Crippen molar-refractivity contribution < 1.29 is 19.1 Å². The molecule has 0 bridgehead atoms. The summed E-state index contributed by atoms with van der Waals surface area (Å²) < 4.78 is 10.6. The lowest BCUT2D eigenvalue weighted by Crippen LogP contribution is -2.30. The van der Waals surface area contributed by atoms with Gasteiger partial charge in [-0.25, -0.2) is 0 Å². The first-order chi connectivity index (χ1) is 15.1. The fourth-order valence-electron chi connectivity index (χ4n) is 3.68. The number of carbonyl (C=O) groups excluding carboxylic acids is 2. The van der Waals surface area contributed by atoms with Gasteiger partial charge in [-0.3, -0.25) is 9.59 Å². The fraction of sp³-hybridized carbons (Fsp3) is 0.238. The smallest absolute Gasteiger partial charge is 0.286 e. The van der Waals surface area contributed by atoms with Crippen LogP contribution in [0.5, 0.6) is 11.5 Å². The van der Waals surface area contributed by atoms with Crippen molar-refractivity contribution in [3.63, 3.8) is 0 Å². The molecule has 3 heterocycles. The van der Waals surface area contributed by atoms with Gasteiger partial charge in [-0.15, -0.1) is 10.2 Å². The maximum atomic E-state index is 13.0. The second-order valence-corrected chi connectivity index (χ2v) is 8.52. The van der Waals surface area contributed by atoms with Gasteiger partial charge in [0.1, 0.15) is 5.01 Å². The first kappa shape index (κ1) is 19.8. The standard InChI is InChI=1S/C21H17ClN4O4S/c22-14-5-2-1-4-13(14)21(28)26-9-3-6-15(26)19-24-25-20(31-19)18(27)23-12-7-8-16-17(10-12)30-11-29-16/h1-2,4-5,7-8,10,15H,3,6,9,11H2,(H,23,27). The predicted octanol–water partition coefficient (Wildman–Crippen LogP) is 4.15. The average molecular weight is 457 g/mol. The summed E-state index contributed by atoms with van der Waals surface area (Å²) >= 11 is 7.39. The summed E-state index contributed by atoms with van der Waals surface area (Å²) in [6, 6.07) is 11.9. The zero-order valence-corrected chi connectivity index (χ0v) is 17.8. The average Bonchev–Trinajstić information content (AvgIpc) is 3.52. The zero-order chi connectivity index (χ0) is 21.4. The van der Waals surface area contributed by atoms with Gasteiger partial charge in [-0.1, -0.05) is 35.1 Å². The molecular formula is C21H17ClN4O4S. The molecule has 2 amide bonds. The number of aromatic nitrogens is 2. The predicted molar refractivity (Wildman–Crippen MR) is 115 cm³/mol. The summed E-state index contributed by atoms with van der Waals surface area (Å²) in [7, 11) is 0. The van der Waals surface area contributed by atoms with Crippen LogP contribution >= 0.6 is 22.9 Å². The normalized spacial score (nSPS) is 17.1. The minimum absolute atomic E-state index is 0.144. The van der Waals surface area contributed by atoms with Crippen molar-refractivity contribution in [2.24, 2.45) is 0 Å². The molecule has 1 N–H and O–H groups in total. The van der Waals surface area contributed by atoms with Crippen LogP contribution in [-0.4, -0.2) is 40.2 Å². The maximum absolute atomic E-state index is 13.0. The van der Waals surface area contributed by atoms with Crippen molar-refractivity contribution in [1.82, 2.24) is 15.1 Å². The van der Waals surface area contributed by atoms with Gasteiger partial charge in [0.2, 0.25) is 11.8 Å². The highest BCUT2D eigenvalue weighted by molar-refractivity contribution is 7.13. The van der Waals surface area contributed by atoms with Crippen LogP contribution < -0.4 is 14.8 Å². The first-order valence-electron chi connectivity index (χ1n) is 9.70. The lowest BCUT2D eigenvalue weighted by Gasteiger charge is -2.23. The third-order valence-electron chi connectivity index (χ3n) is 5.17. The Bertz CT molecular complexity index is 1170. The Kier molecular flexibility index (Phi) is 5.21. The second kappa shape index (κ2) is 8.16. The lowest BCUT2D eigenvalue weighted by molar-refractivity contribution is 0.0735. The van der Waals surface area contributed by atoms with E-state index in [9.17, 15) is 9.59 Å². The molecule has 1 saturated heterocycles. The number of amides is 2. The van der Waals surface area contributed by atoms with Gasteiger partial charge >= 0.3 is 0 Å². The van der Waals surface area contributed by atoms with Crippen LogP contribution in [0.4, 0.5) is 5.69 Å². The molecule has 0 radical (unpaired) electrons. The van der Waals surface area contributed by atoms with Gasteiger partial charge in [-0.05, 0) is 37.1 Å². The molecular weight excluding hydrogens is 440 g/mol. The fourth-order valence-corrected chi connectivity index (χ4v) is 4.78. The van der Waals surface area contributed by atoms with Gasteiger partial charge in [0.15, 0.2) is 11.5 Å². The van der Waals surface area contributed by atoms with Crippen molar-refractivity contribution in [2.45, 2.75) is 18.9 Å². The summed E-state index contributed by atoms with van der Waals surface area (Å²) in [5.74, 6) is 0.704. The van der Waals surface area contributed by atoms with Crippen LogP contribution in [0.3, 0.4) is 0 Å². The van der Waals surface area contributed by atoms with Crippen molar-refractivity contribution in [1.29, 1.82) is 0 Å². The minimum Gasteiger partial charge on any atom is -0.454 e. The Morgan fingerprint density at radius 2 is 1.97 bits per heavy atom. The van der Waals surface area contributed by atoms with E-state index in [4.69, 9.17) is 21.1 Å². The Hall–Kier alpha value is -3.17. The number of ether oxygens (including phenoxy) is 2. The van der Waals surface area contributed by atoms with Crippen LogP contribution in [0.2, 0.25) is 5.02 Å². The van der Waals surface area contributed by atoms with E-state index in [0.717, 1.165) is 12.8 Å². The van der Waals surface area contributed by atoms with Crippen molar-refractivity contribution in [2.75, 3.05) is 18.7 Å². The third-order valence-corrected chi connectivity index (χ3v) is 6.52. The number of nitrogens with one attached hydrogen (secondary N) is 1. The number of nitrogens with zero attached hydrogens (tertiary/aromatic N) is 3. The highest BCUT2D eigenvalue weighted by atomic mass is 35.5. The van der Waals surface area contributed by atoms with Gasteiger partial charge in [0.05, 0.1) is 16.6 Å². The van der Waals surface area contributed by atoms with Crippen LogP contribution in [-0.2, 0) is 0 Å². The van der Waals surface area contributed by atoms with Crippen LogP contribution in [0.1, 0.15) is 44.1 Å². The van der Waals surface area contributed by atoms with E-state index in [1.54, 1.807) is 47.4 Å². The topological polar surface area (TPSA) is 93.7 Å². The second-order valence-electron chi connectivity index (χ2n) is 7.10. The molecule has 10 heteroatoms. The number of benzene rings is 2. The van der Waals surface area contributed by atoms with E-state index in [-0.39, 0.29) is 29.7 Å². The number of hydrogen-bond acceptors (Lipinski definition) is 7. The summed E-state index contributed by atoms with van der Waals surface area (Å²) in [6.07, 6.45) is 1.60. The number of hydrogen-bond donors (Lipinski definition) is 1. The highest BCUT2D eigenvalue weighted by Crippen LogP contribution is 2.36. The Morgan fingerprint density at radius 1 is 1.13 bits per heavy atom. The number of fused-ring (bicyclic) bond motifs is 1. The largest absolute Gasteiger partial charge is 0.454 e.